The molecular formula is C25H24O2. The lowest BCUT2D eigenvalue weighted by Crippen LogP contribution is -2.43. The van der Waals surface area contributed by atoms with E-state index in [2.05, 4.69) is 36.1 Å². The fourth-order valence-electron chi connectivity index (χ4n) is 6.18. The third-order valence-electron chi connectivity index (χ3n) is 7.02. The minimum atomic E-state index is -0.933. The van der Waals surface area contributed by atoms with Crippen molar-refractivity contribution in [3.8, 4) is 11.8 Å². The number of carboxylic acid groups (broad SMARTS) is 1. The molecule has 0 aromatic heterocycles. The van der Waals surface area contributed by atoms with Gasteiger partial charge in [0.15, 0.2) is 0 Å². The smallest absolute Gasteiger partial charge is 0.336 e. The SMILES string of the molecule is O=C(O)c1ccccc1C#Cc1ccc(C2C3CC4CC(C3)CC2C4)cc1. The number of carbonyl (C=O) groups is 1. The monoisotopic (exact) mass is 356 g/mol. The van der Waals surface area contributed by atoms with E-state index in [1.54, 1.807) is 18.2 Å². The number of benzene rings is 2. The maximum Gasteiger partial charge on any atom is 0.336 e. The number of hydrogen-bond acceptors (Lipinski definition) is 1. The predicted molar refractivity (Wildman–Crippen MR) is 106 cm³/mol. The maximum absolute atomic E-state index is 11.3. The zero-order chi connectivity index (χ0) is 18.4. The van der Waals surface area contributed by atoms with Crippen LogP contribution in [0.25, 0.3) is 0 Å². The molecule has 4 bridgehead atoms. The van der Waals surface area contributed by atoms with Crippen molar-refractivity contribution in [1.82, 2.24) is 0 Å². The molecule has 0 radical (unpaired) electrons. The van der Waals surface area contributed by atoms with E-state index in [-0.39, 0.29) is 5.56 Å². The van der Waals surface area contributed by atoms with Gasteiger partial charge in [-0.05, 0) is 91.5 Å². The minimum absolute atomic E-state index is 0.259. The molecule has 0 heterocycles. The van der Waals surface area contributed by atoms with Crippen LogP contribution >= 0.6 is 0 Å². The van der Waals surface area contributed by atoms with Crippen LogP contribution in [-0.2, 0) is 0 Å². The van der Waals surface area contributed by atoms with E-state index >= 15 is 0 Å². The van der Waals surface area contributed by atoms with E-state index in [4.69, 9.17) is 0 Å². The van der Waals surface area contributed by atoms with Gasteiger partial charge in [0.05, 0.1) is 5.56 Å². The first-order valence-electron chi connectivity index (χ1n) is 10.1. The Morgan fingerprint density at radius 3 is 2.07 bits per heavy atom. The molecule has 27 heavy (non-hydrogen) atoms. The second kappa shape index (κ2) is 6.57. The Balaban J connectivity index is 1.37. The maximum atomic E-state index is 11.3. The molecule has 4 aliphatic rings. The van der Waals surface area contributed by atoms with Gasteiger partial charge in [-0.2, -0.15) is 0 Å². The van der Waals surface area contributed by atoms with Gasteiger partial charge in [0, 0.05) is 11.1 Å². The summed E-state index contributed by atoms with van der Waals surface area (Å²) in [6.45, 7) is 0. The summed E-state index contributed by atoms with van der Waals surface area (Å²) in [5.41, 5.74) is 3.26. The molecule has 4 fully saturated rings. The largest absolute Gasteiger partial charge is 0.478 e. The van der Waals surface area contributed by atoms with E-state index in [1.165, 1.54) is 37.7 Å². The molecule has 0 saturated heterocycles. The molecule has 2 nitrogen and oxygen atoms in total. The third kappa shape index (κ3) is 3.06. The van der Waals surface area contributed by atoms with Gasteiger partial charge in [-0.25, -0.2) is 4.79 Å². The van der Waals surface area contributed by atoms with Crippen LogP contribution in [0.5, 0.6) is 0 Å². The molecule has 2 heteroatoms. The number of aromatic carboxylic acids is 1. The number of carboxylic acids is 1. The summed E-state index contributed by atoms with van der Waals surface area (Å²) in [6, 6.07) is 15.7. The van der Waals surface area contributed by atoms with Crippen LogP contribution in [0.15, 0.2) is 48.5 Å². The zero-order valence-electron chi connectivity index (χ0n) is 15.4. The molecule has 0 spiro atoms. The Bertz CT molecular complexity index is 901. The van der Waals surface area contributed by atoms with Crippen LogP contribution < -0.4 is 0 Å². The highest BCUT2D eigenvalue weighted by Crippen LogP contribution is 2.59. The minimum Gasteiger partial charge on any atom is -0.478 e. The van der Waals surface area contributed by atoms with Crippen molar-refractivity contribution in [2.24, 2.45) is 23.7 Å². The van der Waals surface area contributed by atoms with Crippen LogP contribution in [0.3, 0.4) is 0 Å². The normalized spacial score (nSPS) is 30.6. The van der Waals surface area contributed by atoms with Gasteiger partial charge in [0.1, 0.15) is 0 Å². The summed E-state index contributed by atoms with van der Waals surface area (Å²) in [6.07, 6.45) is 7.23. The van der Waals surface area contributed by atoms with Crippen molar-refractivity contribution in [1.29, 1.82) is 0 Å². The van der Waals surface area contributed by atoms with Gasteiger partial charge in [0.2, 0.25) is 0 Å². The van der Waals surface area contributed by atoms with E-state index in [1.807, 2.05) is 6.07 Å². The first-order valence-corrected chi connectivity index (χ1v) is 10.1. The number of hydrogen-bond donors (Lipinski definition) is 1. The Kier molecular flexibility index (Phi) is 4.05. The quantitative estimate of drug-likeness (QED) is 0.739. The van der Waals surface area contributed by atoms with E-state index in [0.717, 1.165) is 35.2 Å². The molecular weight excluding hydrogens is 332 g/mol. The van der Waals surface area contributed by atoms with Gasteiger partial charge in [-0.3, -0.25) is 0 Å². The van der Waals surface area contributed by atoms with Crippen molar-refractivity contribution in [2.45, 2.75) is 38.0 Å². The predicted octanol–water partition coefficient (Wildman–Crippen LogP) is 5.32. The molecule has 2 aromatic carbocycles. The summed E-state index contributed by atoms with van der Waals surface area (Å²) < 4.78 is 0. The van der Waals surface area contributed by atoms with Crippen LogP contribution in [0.2, 0.25) is 0 Å². The molecule has 4 aliphatic carbocycles. The van der Waals surface area contributed by atoms with Crippen LogP contribution in [-0.4, -0.2) is 11.1 Å². The first kappa shape index (κ1) is 16.6. The van der Waals surface area contributed by atoms with E-state index < -0.39 is 5.97 Å². The first-order chi connectivity index (χ1) is 13.2. The summed E-state index contributed by atoms with van der Waals surface area (Å²) in [5, 5.41) is 9.28. The Morgan fingerprint density at radius 1 is 0.815 bits per heavy atom. The van der Waals surface area contributed by atoms with E-state index in [0.29, 0.717) is 5.56 Å². The standard InChI is InChI=1S/C25H24O2/c26-25(27)23-4-2-1-3-19(23)8-5-16-6-9-20(10-7-16)24-21-12-17-11-18(14-21)15-22(24)13-17/h1-4,6-7,9-10,17-18,21-22,24H,11-15H2,(H,26,27). The van der Waals surface area contributed by atoms with Gasteiger partial charge >= 0.3 is 5.97 Å². The summed E-state index contributed by atoms with van der Waals surface area (Å²) in [4.78, 5) is 11.3. The Hall–Kier alpha value is -2.53. The average molecular weight is 356 g/mol. The van der Waals surface area contributed by atoms with Crippen molar-refractivity contribution >= 4 is 5.97 Å². The molecule has 0 amide bonds. The molecule has 4 saturated carbocycles. The topological polar surface area (TPSA) is 37.3 Å². The van der Waals surface area contributed by atoms with Gasteiger partial charge < -0.3 is 5.11 Å². The molecule has 0 unspecified atom stereocenters. The molecule has 6 rings (SSSR count). The molecule has 1 N–H and O–H groups in total. The average Bonchev–Trinajstić information content (AvgIpc) is 2.66. The molecule has 0 aliphatic heterocycles. The van der Waals surface area contributed by atoms with Gasteiger partial charge in [-0.15, -0.1) is 0 Å². The van der Waals surface area contributed by atoms with Gasteiger partial charge in [-0.1, -0.05) is 36.1 Å². The second-order valence-corrected chi connectivity index (χ2v) is 8.68. The lowest BCUT2D eigenvalue weighted by Gasteiger charge is -2.54. The van der Waals surface area contributed by atoms with Crippen molar-refractivity contribution < 1.29 is 9.90 Å². The van der Waals surface area contributed by atoms with E-state index in [9.17, 15) is 9.90 Å². The molecule has 0 atom stereocenters. The van der Waals surface area contributed by atoms with Crippen molar-refractivity contribution in [3.63, 3.8) is 0 Å². The summed E-state index contributed by atoms with van der Waals surface area (Å²) in [7, 11) is 0. The fourth-order valence-corrected chi connectivity index (χ4v) is 6.18. The Labute approximate surface area is 160 Å². The van der Waals surface area contributed by atoms with Crippen molar-refractivity contribution in [3.05, 3.63) is 70.8 Å². The highest BCUT2D eigenvalue weighted by atomic mass is 16.4. The summed E-state index contributed by atoms with van der Waals surface area (Å²) >= 11 is 0. The zero-order valence-corrected chi connectivity index (χ0v) is 15.4. The highest BCUT2D eigenvalue weighted by Gasteiger charge is 2.48. The van der Waals surface area contributed by atoms with Crippen LogP contribution in [0.4, 0.5) is 0 Å². The molecule has 136 valence electrons. The summed E-state index contributed by atoms with van der Waals surface area (Å²) in [5.74, 6) is 9.76. The molecule has 2 aromatic rings. The second-order valence-electron chi connectivity index (χ2n) is 8.68. The number of rotatable bonds is 2. The third-order valence-corrected chi connectivity index (χ3v) is 7.02. The fraction of sp³-hybridized carbons (Fsp3) is 0.400. The van der Waals surface area contributed by atoms with Crippen molar-refractivity contribution in [2.75, 3.05) is 0 Å². The van der Waals surface area contributed by atoms with Gasteiger partial charge in [0.25, 0.3) is 0 Å². The van der Waals surface area contributed by atoms with Crippen LogP contribution in [0.1, 0.15) is 65.1 Å². The lowest BCUT2D eigenvalue weighted by atomic mass is 9.51. The Morgan fingerprint density at radius 2 is 1.44 bits per heavy atom. The highest BCUT2D eigenvalue weighted by molar-refractivity contribution is 5.90. The van der Waals surface area contributed by atoms with Crippen LogP contribution in [0, 0.1) is 35.5 Å². The lowest BCUT2D eigenvalue weighted by molar-refractivity contribution is -0.00278.